The number of ether oxygens (including phenoxy) is 4. The summed E-state index contributed by atoms with van der Waals surface area (Å²) < 4.78 is 147. The molecule has 0 aliphatic carbocycles. The summed E-state index contributed by atoms with van der Waals surface area (Å²) in [4.78, 5) is 4.87. The second-order valence-electron chi connectivity index (χ2n) is 15.6. The average molecular weight is 1010 g/mol. The van der Waals surface area contributed by atoms with Gasteiger partial charge in [-0.05, 0) is 62.5 Å². The van der Waals surface area contributed by atoms with Crippen LogP contribution in [0.2, 0.25) is 0 Å². The third-order valence-electron chi connectivity index (χ3n) is 11.5. The highest BCUT2D eigenvalue weighted by Gasteiger charge is 2.61. The van der Waals surface area contributed by atoms with Crippen LogP contribution in [0.15, 0.2) is 60.7 Å². The molecule has 6 aliphatic heterocycles. The van der Waals surface area contributed by atoms with Crippen LogP contribution in [0, 0.1) is 0 Å². The summed E-state index contributed by atoms with van der Waals surface area (Å²) in [6.45, 7) is 6.57. The molecular formula is C41H56Cl2F6N4O10S2. The van der Waals surface area contributed by atoms with Gasteiger partial charge in [-0.25, -0.2) is 26.6 Å². The summed E-state index contributed by atoms with van der Waals surface area (Å²) in [7, 11) is -8.59. The monoisotopic (exact) mass is 1010 g/mol. The van der Waals surface area contributed by atoms with Gasteiger partial charge < -0.3 is 18.6 Å². The topological polar surface area (TPSA) is 164 Å². The van der Waals surface area contributed by atoms with Crippen LogP contribution in [0.1, 0.15) is 75.3 Å². The number of hydrogen-bond donors (Lipinski definition) is 0. The van der Waals surface area contributed by atoms with Crippen LogP contribution >= 0.6 is 23.2 Å². The lowest BCUT2D eigenvalue weighted by atomic mass is 10.1. The van der Waals surface area contributed by atoms with Crippen molar-refractivity contribution in [3.8, 4) is 0 Å². The molecule has 6 aliphatic rings. The highest BCUT2D eigenvalue weighted by atomic mass is 35.5. The van der Waals surface area contributed by atoms with Crippen LogP contribution in [-0.4, -0.2) is 150 Å². The molecule has 2 aromatic carbocycles. The van der Waals surface area contributed by atoms with E-state index in [1.165, 1.54) is 61.3 Å². The highest BCUT2D eigenvalue weighted by Crippen LogP contribution is 2.42. The van der Waals surface area contributed by atoms with E-state index in [2.05, 4.69) is 79.6 Å². The first kappa shape index (κ1) is 54.8. The molecule has 6 fully saturated rings. The molecule has 0 saturated carbocycles. The number of nitrogens with zero attached hydrogens (tertiary/aromatic N) is 4. The van der Waals surface area contributed by atoms with E-state index >= 15 is 0 Å². The molecule has 0 radical (unpaired) electrons. The first-order valence-corrected chi connectivity index (χ1v) is 24.9. The Labute approximate surface area is 386 Å². The van der Waals surface area contributed by atoms with Gasteiger partial charge in [-0.15, -0.1) is 23.2 Å². The van der Waals surface area contributed by atoms with Crippen LogP contribution in [0.5, 0.6) is 0 Å². The first-order chi connectivity index (χ1) is 30.6. The Kier molecular flexibility index (Phi) is 20.2. The van der Waals surface area contributed by atoms with Crippen molar-refractivity contribution in [2.24, 2.45) is 0 Å². The largest absolute Gasteiger partial charge is 0.741 e. The fourth-order valence-electron chi connectivity index (χ4n) is 8.66. The van der Waals surface area contributed by atoms with Crippen LogP contribution < -0.4 is 0 Å². The van der Waals surface area contributed by atoms with E-state index in [4.69, 9.17) is 68.1 Å². The fourth-order valence-corrected chi connectivity index (χ4v) is 8.66. The molecule has 14 nitrogen and oxygen atoms in total. The van der Waals surface area contributed by atoms with E-state index < -0.39 is 43.1 Å². The molecule has 8 rings (SSSR count). The number of benzene rings is 2. The van der Waals surface area contributed by atoms with Crippen molar-refractivity contribution >= 4 is 55.1 Å². The molecule has 4 bridgehead atoms. The maximum absolute atomic E-state index is 10.7. The zero-order valence-electron chi connectivity index (χ0n) is 36.1. The van der Waals surface area contributed by atoms with Gasteiger partial charge in [0.05, 0.1) is 44.6 Å². The Bertz CT molecular complexity index is 1950. The van der Waals surface area contributed by atoms with E-state index in [1.54, 1.807) is 14.2 Å². The predicted molar refractivity (Wildman–Crippen MR) is 227 cm³/mol. The molecule has 0 unspecified atom stereocenters. The molecule has 65 heavy (non-hydrogen) atoms. The Morgan fingerprint density at radius 2 is 0.923 bits per heavy atom. The molecule has 0 N–H and O–H groups in total. The fraction of sp³-hybridized carbons (Fsp3) is 0.659. The van der Waals surface area contributed by atoms with Gasteiger partial charge in [-0.2, -0.15) is 26.3 Å². The van der Waals surface area contributed by atoms with Crippen molar-refractivity contribution < 1.29 is 80.4 Å². The summed E-state index contributed by atoms with van der Waals surface area (Å²) in [5.41, 5.74) is -8.54. The van der Waals surface area contributed by atoms with Gasteiger partial charge in [0.2, 0.25) is 0 Å². The van der Waals surface area contributed by atoms with Crippen molar-refractivity contribution in [2.45, 2.75) is 112 Å². The minimum absolute atomic E-state index is 0.194. The van der Waals surface area contributed by atoms with E-state index in [-0.39, 0.29) is 17.5 Å². The van der Waals surface area contributed by atoms with Crippen LogP contribution in [0.3, 0.4) is 0 Å². The third-order valence-corrected chi connectivity index (χ3v) is 12.7. The summed E-state index contributed by atoms with van der Waals surface area (Å²) in [6, 6.07) is 21.4. The number of methoxy groups -OCH3 is 2. The quantitative estimate of drug-likeness (QED) is 0.0899. The second-order valence-corrected chi connectivity index (χ2v) is 19.2. The number of fused-ring (bicyclic) bond motifs is 4. The van der Waals surface area contributed by atoms with Gasteiger partial charge in [-0.3, -0.25) is 18.6 Å². The van der Waals surface area contributed by atoms with E-state index in [0.29, 0.717) is 0 Å². The normalized spacial score (nSPS) is 25.2. The van der Waals surface area contributed by atoms with Crippen LogP contribution in [-0.2, 0) is 52.0 Å². The molecule has 6 saturated heterocycles. The number of alkyl halides is 8. The lowest BCUT2D eigenvalue weighted by molar-refractivity contribution is -0.513. The Balaban J connectivity index is 0.000000206. The summed E-state index contributed by atoms with van der Waals surface area (Å²) in [5, 5.41) is 0.194. The maximum atomic E-state index is 10.7. The zero-order valence-corrected chi connectivity index (χ0v) is 39.2. The summed E-state index contributed by atoms with van der Waals surface area (Å²) >= 11 is 9.53. The zero-order chi connectivity index (χ0) is 48.1. The van der Waals surface area contributed by atoms with Crippen LogP contribution in [0.25, 0.3) is 0 Å². The SMILES string of the molecule is CO[C@@]12CCC[C@@H](O1)C(=[N+]1CCCC1)N2CCc1ccccc1.CO[C@]12CCC[C@H](O1)C(=[N+]1CCCC1)N2CCc1ccccc1.ClCCl.O=S(=O)([O-])C(F)(F)F.O=S(=O)([O-])C(F)(F)F. The number of hydrogen-bond acceptors (Lipinski definition) is 10. The van der Waals surface area contributed by atoms with Gasteiger partial charge in [-0.1, -0.05) is 60.7 Å². The van der Waals surface area contributed by atoms with Crippen molar-refractivity contribution in [1.82, 2.24) is 9.80 Å². The lowest BCUT2D eigenvalue weighted by Gasteiger charge is -2.32. The van der Waals surface area contributed by atoms with Crippen molar-refractivity contribution in [1.29, 1.82) is 0 Å². The second kappa shape index (κ2) is 24.0. The Morgan fingerprint density at radius 3 is 1.18 bits per heavy atom. The number of amidine groups is 2. The molecule has 6 heterocycles. The number of rotatable bonds is 8. The Morgan fingerprint density at radius 1 is 0.631 bits per heavy atom. The van der Waals surface area contributed by atoms with E-state index in [1.807, 2.05) is 0 Å². The maximum Gasteiger partial charge on any atom is 0.485 e. The number of halogens is 8. The molecule has 0 aromatic heterocycles. The Hall–Kier alpha value is -2.80. The minimum atomic E-state index is -6.09. The third kappa shape index (κ3) is 14.6. The molecular weight excluding hydrogens is 957 g/mol. The smallest absolute Gasteiger partial charge is 0.485 e. The molecule has 24 heteroatoms. The van der Waals surface area contributed by atoms with Gasteiger partial charge in [0, 0.05) is 39.9 Å². The highest BCUT2D eigenvalue weighted by molar-refractivity contribution is 7.86. The molecule has 368 valence electrons. The predicted octanol–water partition coefficient (Wildman–Crippen LogP) is 6.76. The molecule has 0 spiro atoms. The minimum Gasteiger partial charge on any atom is -0.741 e. The van der Waals surface area contributed by atoms with Gasteiger partial charge in [0.25, 0.3) is 11.7 Å². The van der Waals surface area contributed by atoms with Gasteiger partial charge >= 0.3 is 22.8 Å². The average Bonchev–Trinajstić information content (AvgIpc) is 4.06. The van der Waals surface area contributed by atoms with Crippen molar-refractivity contribution in [3.05, 3.63) is 71.8 Å². The standard InChI is InChI=1S/2C19H27N2O2.CH2Cl2.2CHF3O3S/c2*1-22-19-12-7-10-17(23-19)18(20-13-5-6-14-20)21(19)15-11-16-8-3-2-4-9-16;2-1-3;2*2-1(3,4)8(5,6)7/h2*2-4,8-9,17H,5-7,10-15H2,1H3;1H2;2*(H,5,6,7)/q2*+1;;;/p-2/t2*17-,19+;;;/m10.../s1. The molecule has 4 atom stereocenters. The number of likely N-dealkylation sites (tertiary alicyclic amines) is 2. The summed E-state index contributed by atoms with van der Waals surface area (Å²) in [6.07, 6.45) is 14.2. The van der Waals surface area contributed by atoms with Crippen molar-refractivity contribution in [2.75, 3.05) is 58.8 Å². The van der Waals surface area contributed by atoms with E-state index in [0.717, 1.165) is 77.8 Å². The van der Waals surface area contributed by atoms with E-state index in [9.17, 15) is 26.3 Å². The summed E-state index contributed by atoms with van der Waals surface area (Å²) in [5.74, 6) is 1.71. The van der Waals surface area contributed by atoms with Gasteiger partial charge in [0.15, 0.2) is 32.4 Å². The first-order valence-electron chi connectivity index (χ1n) is 21.0. The van der Waals surface area contributed by atoms with Crippen LogP contribution in [0.4, 0.5) is 26.3 Å². The molecule has 0 amide bonds. The lowest BCUT2D eigenvalue weighted by Crippen LogP contribution is -2.50. The van der Waals surface area contributed by atoms with Gasteiger partial charge in [0.1, 0.15) is 0 Å². The molecule has 2 aromatic rings. The van der Waals surface area contributed by atoms with Crippen molar-refractivity contribution in [3.63, 3.8) is 0 Å².